The quantitative estimate of drug-likeness (QED) is 0.727. The Kier molecular flexibility index (Phi) is 4.40. The molecule has 0 radical (unpaired) electrons. The molecule has 0 aliphatic rings. The monoisotopic (exact) mass is 344 g/mol. The molecule has 3 aromatic rings. The number of amides is 1. The van der Waals surface area contributed by atoms with Crippen LogP contribution in [0.1, 0.15) is 27.5 Å². The lowest BCUT2D eigenvalue weighted by molar-refractivity contribution is 0.0778. The van der Waals surface area contributed by atoms with E-state index in [0.29, 0.717) is 23.0 Å². The van der Waals surface area contributed by atoms with Gasteiger partial charge >= 0.3 is 0 Å². The second-order valence-electron chi connectivity index (χ2n) is 5.56. The standard InChI is InChI=1S/C17H17ClN4O2/c1-11-13(12(2)24-20-11)10-21(3)17(23)15-8-9-22(19-15)16-7-5-4-6-14(16)18/h4-9H,10H2,1-3H3. The Balaban J connectivity index is 1.80. The maximum atomic E-state index is 12.6. The van der Waals surface area contributed by atoms with Crippen molar-refractivity contribution in [3.8, 4) is 5.69 Å². The molecule has 124 valence electrons. The summed E-state index contributed by atoms with van der Waals surface area (Å²) in [6.45, 7) is 4.11. The lowest BCUT2D eigenvalue weighted by Crippen LogP contribution is -2.27. The molecule has 7 heteroatoms. The molecule has 1 amide bonds. The summed E-state index contributed by atoms with van der Waals surface area (Å²) < 4.78 is 6.73. The molecular formula is C17H17ClN4O2. The van der Waals surface area contributed by atoms with Gasteiger partial charge in [0.1, 0.15) is 5.76 Å². The molecule has 0 aliphatic heterocycles. The number of aryl methyl sites for hydroxylation is 2. The Morgan fingerprint density at radius 2 is 2.04 bits per heavy atom. The number of para-hydroxylation sites is 1. The second-order valence-corrected chi connectivity index (χ2v) is 5.97. The summed E-state index contributed by atoms with van der Waals surface area (Å²) in [7, 11) is 1.72. The molecule has 2 aromatic heterocycles. The van der Waals surface area contributed by atoms with Crippen molar-refractivity contribution >= 4 is 17.5 Å². The van der Waals surface area contributed by atoms with E-state index in [1.807, 2.05) is 32.0 Å². The van der Waals surface area contributed by atoms with Gasteiger partial charge in [-0.2, -0.15) is 5.10 Å². The molecular weight excluding hydrogens is 328 g/mol. The third-order valence-corrected chi connectivity index (χ3v) is 4.15. The second kappa shape index (κ2) is 6.49. The third kappa shape index (κ3) is 3.05. The van der Waals surface area contributed by atoms with Crippen molar-refractivity contribution in [2.75, 3.05) is 7.05 Å². The summed E-state index contributed by atoms with van der Waals surface area (Å²) in [5.74, 6) is 0.537. The van der Waals surface area contributed by atoms with E-state index >= 15 is 0 Å². The molecule has 0 saturated carbocycles. The first-order chi connectivity index (χ1) is 11.5. The van der Waals surface area contributed by atoms with Crippen LogP contribution in [0.2, 0.25) is 5.02 Å². The molecule has 3 rings (SSSR count). The topological polar surface area (TPSA) is 64.2 Å². The Morgan fingerprint density at radius 3 is 2.71 bits per heavy atom. The molecule has 0 saturated heterocycles. The van der Waals surface area contributed by atoms with Gasteiger partial charge in [0.2, 0.25) is 0 Å². The Labute approximate surface area is 144 Å². The highest BCUT2D eigenvalue weighted by atomic mass is 35.5. The number of carbonyl (C=O) groups is 1. The number of aromatic nitrogens is 3. The Morgan fingerprint density at radius 1 is 1.29 bits per heavy atom. The first-order valence-corrected chi connectivity index (χ1v) is 7.83. The zero-order chi connectivity index (χ0) is 17.3. The number of nitrogens with zero attached hydrogens (tertiary/aromatic N) is 4. The summed E-state index contributed by atoms with van der Waals surface area (Å²) in [5, 5.41) is 8.82. The third-order valence-electron chi connectivity index (χ3n) is 3.83. The number of carbonyl (C=O) groups excluding carboxylic acids is 1. The van der Waals surface area contributed by atoms with E-state index in [0.717, 1.165) is 16.9 Å². The van der Waals surface area contributed by atoms with Gasteiger partial charge in [-0.1, -0.05) is 28.9 Å². The van der Waals surface area contributed by atoms with Crippen LogP contribution in [0.4, 0.5) is 0 Å². The van der Waals surface area contributed by atoms with Crippen molar-refractivity contribution in [3.63, 3.8) is 0 Å². The van der Waals surface area contributed by atoms with Crippen molar-refractivity contribution in [2.24, 2.45) is 0 Å². The molecule has 0 aliphatic carbocycles. The van der Waals surface area contributed by atoms with Crippen molar-refractivity contribution in [1.82, 2.24) is 19.8 Å². The van der Waals surface area contributed by atoms with Gasteiger partial charge < -0.3 is 9.42 Å². The van der Waals surface area contributed by atoms with Gasteiger partial charge in [0.15, 0.2) is 5.69 Å². The maximum Gasteiger partial charge on any atom is 0.274 e. The van der Waals surface area contributed by atoms with Crippen molar-refractivity contribution in [2.45, 2.75) is 20.4 Å². The van der Waals surface area contributed by atoms with Crippen molar-refractivity contribution in [3.05, 3.63) is 64.3 Å². The highest BCUT2D eigenvalue weighted by Gasteiger charge is 2.19. The minimum absolute atomic E-state index is 0.180. The van der Waals surface area contributed by atoms with Gasteiger partial charge in [0.25, 0.3) is 5.91 Å². The van der Waals surface area contributed by atoms with Crippen LogP contribution < -0.4 is 0 Å². The van der Waals surface area contributed by atoms with Gasteiger partial charge in [-0.15, -0.1) is 0 Å². The van der Waals surface area contributed by atoms with E-state index in [4.69, 9.17) is 16.1 Å². The average Bonchev–Trinajstić information content (AvgIpc) is 3.17. The lowest BCUT2D eigenvalue weighted by atomic mass is 10.2. The van der Waals surface area contributed by atoms with Crippen molar-refractivity contribution < 1.29 is 9.32 Å². The largest absolute Gasteiger partial charge is 0.361 e. The summed E-state index contributed by atoms with van der Waals surface area (Å²) in [6, 6.07) is 9.02. The van der Waals surface area contributed by atoms with Crippen LogP contribution in [0.15, 0.2) is 41.1 Å². The van der Waals surface area contributed by atoms with E-state index in [2.05, 4.69) is 10.3 Å². The number of rotatable bonds is 4. The highest BCUT2D eigenvalue weighted by Crippen LogP contribution is 2.20. The fourth-order valence-electron chi connectivity index (χ4n) is 2.44. The van der Waals surface area contributed by atoms with Crippen LogP contribution in [0.3, 0.4) is 0 Å². The SMILES string of the molecule is Cc1noc(C)c1CN(C)C(=O)c1ccn(-c2ccccc2Cl)n1. The number of hydrogen-bond acceptors (Lipinski definition) is 4. The van der Waals surface area contributed by atoms with Gasteiger partial charge in [0, 0.05) is 18.8 Å². The molecule has 0 spiro atoms. The van der Waals surface area contributed by atoms with Crippen LogP contribution in [0, 0.1) is 13.8 Å². The van der Waals surface area contributed by atoms with E-state index in [9.17, 15) is 4.79 Å². The number of halogens is 1. The Hall–Kier alpha value is -2.60. The van der Waals surface area contributed by atoms with Gasteiger partial charge in [-0.3, -0.25) is 4.79 Å². The molecule has 0 atom stereocenters. The van der Waals surface area contributed by atoms with Crippen LogP contribution in [0.5, 0.6) is 0 Å². The van der Waals surface area contributed by atoms with Gasteiger partial charge in [-0.05, 0) is 32.0 Å². The molecule has 2 heterocycles. The van der Waals surface area contributed by atoms with Crippen LogP contribution in [-0.4, -0.2) is 32.8 Å². The maximum absolute atomic E-state index is 12.6. The van der Waals surface area contributed by atoms with E-state index in [1.165, 1.54) is 0 Å². The lowest BCUT2D eigenvalue weighted by Gasteiger charge is -2.15. The predicted octanol–water partition coefficient (Wildman–Crippen LogP) is 3.40. The van der Waals surface area contributed by atoms with Gasteiger partial charge in [0.05, 0.1) is 22.9 Å². The van der Waals surface area contributed by atoms with E-state index < -0.39 is 0 Å². The summed E-state index contributed by atoms with van der Waals surface area (Å²) >= 11 is 6.17. The molecule has 0 bridgehead atoms. The van der Waals surface area contributed by atoms with Crippen molar-refractivity contribution in [1.29, 1.82) is 0 Å². The van der Waals surface area contributed by atoms with Gasteiger partial charge in [-0.25, -0.2) is 4.68 Å². The zero-order valence-corrected chi connectivity index (χ0v) is 14.4. The van der Waals surface area contributed by atoms with Crippen LogP contribution in [-0.2, 0) is 6.54 Å². The van der Waals surface area contributed by atoms with Crippen LogP contribution >= 0.6 is 11.6 Å². The number of hydrogen-bond donors (Lipinski definition) is 0. The fraction of sp³-hybridized carbons (Fsp3) is 0.235. The first kappa shape index (κ1) is 16.3. The predicted molar refractivity (Wildman–Crippen MR) is 90.3 cm³/mol. The minimum Gasteiger partial charge on any atom is -0.361 e. The average molecular weight is 345 g/mol. The highest BCUT2D eigenvalue weighted by molar-refractivity contribution is 6.32. The van der Waals surface area contributed by atoms with E-state index in [-0.39, 0.29) is 5.91 Å². The summed E-state index contributed by atoms with van der Waals surface area (Å²) in [6.07, 6.45) is 1.72. The first-order valence-electron chi connectivity index (χ1n) is 7.45. The molecule has 6 nitrogen and oxygen atoms in total. The summed E-state index contributed by atoms with van der Waals surface area (Å²) in [5.41, 5.74) is 2.78. The molecule has 0 fully saturated rings. The van der Waals surface area contributed by atoms with E-state index in [1.54, 1.807) is 35.0 Å². The minimum atomic E-state index is -0.180. The Bertz CT molecular complexity index is 865. The van der Waals surface area contributed by atoms with Crippen LogP contribution in [0.25, 0.3) is 5.69 Å². The smallest absolute Gasteiger partial charge is 0.274 e. The normalized spacial score (nSPS) is 10.8. The molecule has 24 heavy (non-hydrogen) atoms. The fourth-order valence-corrected chi connectivity index (χ4v) is 2.66. The number of benzene rings is 1. The molecule has 1 aromatic carbocycles. The molecule has 0 N–H and O–H groups in total. The summed E-state index contributed by atoms with van der Waals surface area (Å²) in [4.78, 5) is 14.2. The zero-order valence-electron chi connectivity index (χ0n) is 13.7. The molecule has 0 unspecified atom stereocenters.